The van der Waals surface area contributed by atoms with Gasteiger partial charge in [-0.25, -0.2) is 0 Å². The third-order valence-electron chi connectivity index (χ3n) is 7.79. The Morgan fingerprint density at radius 2 is 0.686 bits per heavy atom. The molecule has 0 radical (unpaired) electrons. The van der Waals surface area contributed by atoms with Crippen molar-refractivity contribution in [3.63, 3.8) is 0 Å². The highest BCUT2D eigenvalue weighted by Gasteiger charge is 2.09. The van der Waals surface area contributed by atoms with Gasteiger partial charge in [0.1, 0.15) is 49.4 Å². The van der Waals surface area contributed by atoms with E-state index < -0.39 is 0 Å². The molecule has 256 valence electrons. The van der Waals surface area contributed by atoms with Crippen molar-refractivity contribution in [2.24, 2.45) is 0 Å². The highest BCUT2D eigenvalue weighted by molar-refractivity contribution is 6.05. The molecule has 0 aromatic heterocycles. The topological polar surface area (TPSA) is 95.1 Å². The molecule has 0 unspecified atom stereocenters. The molecule has 0 heterocycles. The van der Waals surface area contributed by atoms with Gasteiger partial charge < -0.3 is 29.6 Å². The number of carbonyl (C=O) groups is 2. The fourth-order valence-corrected chi connectivity index (χ4v) is 5.13. The highest BCUT2D eigenvalue weighted by atomic mass is 16.5. The molecule has 8 nitrogen and oxygen atoms in total. The summed E-state index contributed by atoms with van der Waals surface area (Å²) < 4.78 is 22.7. The lowest BCUT2D eigenvalue weighted by molar-refractivity contribution is 0.101. The van der Waals surface area contributed by atoms with E-state index in [4.69, 9.17) is 18.9 Å². The number of carbonyl (C=O) groups excluding carboxylic acids is 2. The van der Waals surface area contributed by atoms with Crippen LogP contribution in [0.1, 0.15) is 31.8 Å². The van der Waals surface area contributed by atoms with Crippen LogP contribution >= 0.6 is 0 Å². The Kier molecular flexibility index (Phi) is 11.9. The van der Waals surface area contributed by atoms with Gasteiger partial charge in [0, 0.05) is 22.5 Å². The molecule has 51 heavy (non-hydrogen) atoms. The average Bonchev–Trinajstić information content (AvgIpc) is 3.18. The van der Waals surface area contributed by atoms with Gasteiger partial charge in [-0.2, -0.15) is 0 Å². The normalized spacial score (nSPS) is 10.5. The fourth-order valence-electron chi connectivity index (χ4n) is 5.13. The first-order valence-electron chi connectivity index (χ1n) is 16.7. The van der Waals surface area contributed by atoms with Gasteiger partial charge in [-0.05, 0) is 115 Å². The summed E-state index contributed by atoms with van der Waals surface area (Å²) in [6, 6.07) is 48.7. The van der Waals surface area contributed by atoms with Crippen molar-refractivity contribution in [3.05, 3.63) is 180 Å². The monoisotopic (exact) mass is 678 g/mol. The molecule has 0 spiro atoms. The lowest BCUT2D eigenvalue weighted by atomic mass is 10.0. The number of rotatable bonds is 16. The number of para-hydroxylation sites is 2. The molecule has 0 saturated heterocycles. The van der Waals surface area contributed by atoms with E-state index in [0.717, 1.165) is 22.6 Å². The summed E-state index contributed by atoms with van der Waals surface area (Å²) in [5.41, 5.74) is 4.67. The minimum atomic E-state index is -0.201. The fraction of sp³-hybridized carbons (Fsp3) is 0.116. The van der Waals surface area contributed by atoms with Gasteiger partial charge in [-0.15, -0.1) is 0 Å². The molecular weight excluding hydrogens is 640 g/mol. The number of benzene rings is 6. The Hall–Kier alpha value is -6.54. The van der Waals surface area contributed by atoms with Crippen molar-refractivity contribution >= 4 is 23.2 Å². The SMILES string of the molecule is O=C(Nc1ccc(Cc2ccc(NC(=O)c3ccc(OCCOc4ccccc4)cc3)cc2)cc1)c1ccc(OCCOc2ccccc2)cc1. The molecule has 0 aliphatic carbocycles. The molecule has 8 heteroatoms. The molecule has 6 rings (SSSR count). The lowest BCUT2D eigenvalue weighted by Gasteiger charge is -2.10. The molecule has 0 bridgehead atoms. The maximum absolute atomic E-state index is 12.8. The zero-order chi connectivity index (χ0) is 35.1. The Labute approximate surface area is 297 Å². The highest BCUT2D eigenvalue weighted by Crippen LogP contribution is 2.20. The summed E-state index contributed by atoms with van der Waals surface area (Å²) in [7, 11) is 0. The number of anilines is 2. The third kappa shape index (κ3) is 10.7. The maximum Gasteiger partial charge on any atom is 0.255 e. The van der Waals surface area contributed by atoms with Crippen LogP contribution in [0.4, 0.5) is 11.4 Å². The van der Waals surface area contributed by atoms with Crippen LogP contribution in [-0.4, -0.2) is 38.2 Å². The van der Waals surface area contributed by atoms with E-state index in [2.05, 4.69) is 10.6 Å². The molecule has 2 amide bonds. The van der Waals surface area contributed by atoms with Gasteiger partial charge in [-0.1, -0.05) is 60.7 Å². The van der Waals surface area contributed by atoms with E-state index in [-0.39, 0.29) is 11.8 Å². The zero-order valence-electron chi connectivity index (χ0n) is 28.0. The molecule has 6 aromatic rings. The van der Waals surface area contributed by atoms with Crippen LogP contribution < -0.4 is 29.6 Å². The molecule has 0 atom stereocenters. The summed E-state index contributed by atoms with van der Waals surface area (Å²) in [6.45, 7) is 1.64. The van der Waals surface area contributed by atoms with E-state index in [1.807, 2.05) is 109 Å². The Balaban J connectivity index is 0.905. The molecule has 0 saturated carbocycles. The summed E-state index contributed by atoms with van der Waals surface area (Å²) in [5, 5.41) is 5.89. The summed E-state index contributed by atoms with van der Waals surface area (Å²) in [5.74, 6) is 2.53. The van der Waals surface area contributed by atoms with Crippen molar-refractivity contribution in [1.82, 2.24) is 0 Å². The van der Waals surface area contributed by atoms with Gasteiger partial charge >= 0.3 is 0 Å². The van der Waals surface area contributed by atoms with E-state index in [9.17, 15) is 9.59 Å². The van der Waals surface area contributed by atoms with Crippen LogP contribution in [-0.2, 0) is 6.42 Å². The molecule has 6 aromatic carbocycles. The van der Waals surface area contributed by atoms with Gasteiger partial charge in [0.2, 0.25) is 0 Å². The van der Waals surface area contributed by atoms with Crippen molar-refractivity contribution in [1.29, 1.82) is 0 Å². The van der Waals surface area contributed by atoms with Gasteiger partial charge in [0.05, 0.1) is 0 Å². The minimum Gasteiger partial charge on any atom is -0.490 e. The Bertz CT molecular complexity index is 1820. The van der Waals surface area contributed by atoms with Crippen LogP contribution in [0.15, 0.2) is 158 Å². The van der Waals surface area contributed by atoms with Gasteiger partial charge in [-0.3, -0.25) is 9.59 Å². The Morgan fingerprint density at radius 3 is 1.02 bits per heavy atom. The first-order valence-corrected chi connectivity index (χ1v) is 16.7. The number of ether oxygens (including phenoxy) is 4. The number of hydrogen-bond acceptors (Lipinski definition) is 6. The van der Waals surface area contributed by atoms with Crippen LogP contribution in [0.3, 0.4) is 0 Å². The summed E-state index contributed by atoms with van der Waals surface area (Å²) in [4.78, 5) is 25.6. The Morgan fingerprint density at radius 1 is 0.373 bits per heavy atom. The van der Waals surface area contributed by atoms with E-state index >= 15 is 0 Å². The predicted octanol–water partition coefficient (Wildman–Crippen LogP) is 8.70. The average molecular weight is 679 g/mol. The van der Waals surface area contributed by atoms with Crippen LogP contribution in [0.25, 0.3) is 0 Å². The second-order valence-corrected chi connectivity index (χ2v) is 11.5. The maximum atomic E-state index is 12.8. The van der Waals surface area contributed by atoms with Gasteiger partial charge in [0.15, 0.2) is 0 Å². The zero-order valence-corrected chi connectivity index (χ0v) is 28.0. The van der Waals surface area contributed by atoms with Crippen LogP contribution in [0.2, 0.25) is 0 Å². The first-order chi connectivity index (χ1) is 25.1. The van der Waals surface area contributed by atoms with Crippen LogP contribution in [0, 0.1) is 0 Å². The number of nitrogens with one attached hydrogen (secondary N) is 2. The summed E-state index contributed by atoms with van der Waals surface area (Å²) >= 11 is 0. The van der Waals surface area contributed by atoms with Crippen molar-refractivity contribution in [3.8, 4) is 23.0 Å². The van der Waals surface area contributed by atoms with Crippen molar-refractivity contribution in [2.75, 3.05) is 37.1 Å². The minimum absolute atomic E-state index is 0.201. The second-order valence-electron chi connectivity index (χ2n) is 11.5. The van der Waals surface area contributed by atoms with Crippen molar-refractivity contribution in [2.45, 2.75) is 6.42 Å². The third-order valence-corrected chi connectivity index (χ3v) is 7.79. The molecular formula is C43H38N2O6. The van der Waals surface area contributed by atoms with E-state index in [1.54, 1.807) is 48.5 Å². The smallest absolute Gasteiger partial charge is 0.255 e. The number of hydrogen-bond donors (Lipinski definition) is 2. The standard InChI is InChI=1S/C43H38N2O6/c46-42(34-15-23-40(24-16-34)50-29-27-48-38-7-3-1-4-8-38)44-36-19-11-32(12-20-36)31-33-13-21-37(22-14-33)45-43(47)35-17-25-41(26-18-35)51-30-28-49-39-9-5-2-6-10-39/h1-26H,27-31H2,(H,44,46)(H,45,47). The lowest BCUT2D eigenvalue weighted by Crippen LogP contribution is -2.12. The molecule has 0 aliphatic heterocycles. The van der Waals surface area contributed by atoms with E-state index in [1.165, 1.54) is 0 Å². The van der Waals surface area contributed by atoms with Crippen LogP contribution in [0.5, 0.6) is 23.0 Å². The number of amides is 2. The largest absolute Gasteiger partial charge is 0.490 e. The molecule has 0 aliphatic rings. The van der Waals surface area contributed by atoms with Crippen molar-refractivity contribution < 1.29 is 28.5 Å². The second kappa shape index (κ2) is 17.7. The molecule has 0 fully saturated rings. The predicted molar refractivity (Wildman–Crippen MR) is 199 cm³/mol. The quantitative estimate of drug-likeness (QED) is 0.0995. The summed E-state index contributed by atoms with van der Waals surface area (Å²) in [6.07, 6.45) is 0.707. The molecule has 2 N–H and O–H groups in total. The first kappa shape index (κ1) is 34.3. The van der Waals surface area contributed by atoms with E-state index in [0.29, 0.717) is 66.8 Å². The van der Waals surface area contributed by atoms with Gasteiger partial charge in [0.25, 0.3) is 11.8 Å².